The topological polar surface area (TPSA) is 59.7 Å². The van der Waals surface area contributed by atoms with E-state index in [-0.39, 0.29) is 6.10 Å². The molecule has 0 fully saturated rings. The van der Waals surface area contributed by atoms with Gasteiger partial charge in [0, 0.05) is 0 Å². The molecule has 4 heteroatoms. The summed E-state index contributed by atoms with van der Waals surface area (Å²) in [5, 5.41) is 9.36. The molecule has 4 nitrogen and oxygen atoms in total. The first-order chi connectivity index (χ1) is 7.09. The second-order valence-electron chi connectivity index (χ2n) is 3.31. The highest BCUT2D eigenvalue weighted by Gasteiger charge is 2.14. The van der Waals surface area contributed by atoms with Gasteiger partial charge in [-0.05, 0) is 38.1 Å². The lowest BCUT2D eigenvalue weighted by Gasteiger charge is -2.09. The van der Waals surface area contributed by atoms with Crippen LogP contribution in [0, 0.1) is 0 Å². The van der Waals surface area contributed by atoms with Gasteiger partial charge in [0.15, 0.2) is 6.10 Å². The molecule has 1 rings (SSSR count). The van der Waals surface area contributed by atoms with E-state index in [0.717, 1.165) is 0 Å². The number of ether oxygens (including phenoxy) is 1. The molecule has 1 atom stereocenters. The maximum atomic E-state index is 11.2. The van der Waals surface area contributed by atoms with Crippen LogP contribution < -0.4 is 0 Å². The van der Waals surface area contributed by atoms with E-state index in [0.29, 0.717) is 5.76 Å². The minimum absolute atomic E-state index is 0.232. The molecule has 0 spiro atoms. The number of esters is 1. The Labute approximate surface area is 88.2 Å². The number of rotatable bonds is 4. The lowest BCUT2D eigenvalue weighted by Crippen LogP contribution is -2.23. The first-order valence-corrected chi connectivity index (χ1v) is 4.70. The van der Waals surface area contributed by atoms with Crippen LogP contribution in [0.3, 0.4) is 0 Å². The number of hydrogen-bond acceptors (Lipinski definition) is 4. The van der Waals surface area contributed by atoms with Gasteiger partial charge in [0.05, 0.1) is 12.4 Å². The van der Waals surface area contributed by atoms with Gasteiger partial charge >= 0.3 is 5.97 Å². The fraction of sp³-hybridized carbons (Fsp3) is 0.364. The fourth-order valence-corrected chi connectivity index (χ4v) is 0.953. The van der Waals surface area contributed by atoms with Gasteiger partial charge in [-0.1, -0.05) is 0 Å². The summed E-state index contributed by atoms with van der Waals surface area (Å²) in [6, 6.07) is 3.44. The van der Waals surface area contributed by atoms with E-state index in [1.54, 1.807) is 26.0 Å². The summed E-state index contributed by atoms with van der Waals surface area (Å²) < 4.78 is 9.81. The molecule has 1 N–H and O–H groups in total. The molecule has 1 unspecified atom stereocenters. The van der Waals surface area contributed by atoms with E-state index in [4.69, 9.17) is 9.15 Å². The minimum atomic E-state index is -1.25. The van der Waals surface area contributed by atoms with Crippen LogP contribution in [0.2, 0.25) is 0 Å². The molecule has 1 aromatic heterocycles. The fourth-order valence-electron chi connectivity index (χ4n) is 0.953. The van der Waals surface area contributed by atoms with E-state index in [1.165, 1.54) is 18.4 Å². The minimum Gasteiger partial charge on any atom is -0.465 e. The number of furan rings is 1. The molecule has 0 aliphatic heterocycles. The average molecular weight is 210 g/mol. The van der Waals surface area contributed by atoms with Crippen LogP contribution in [-0.2, 0) is 9.53 Å². The van der Waals surface area contributed by atoms with E-state index >= 15 is 0 Å². The normalized spacial score (nSPS) is 13.3. The van der Waals surface area contributed by atoms with Gasteiger partial charge in [-0.3, -0.25) is 0 Å². The Morgan fingerprint density at radius 3 is 2.87 bits per heavy atom. The highest BCUT2D eigenvalue weighted by Crippen LogP contribution is 2.04. The van der Waals surface area contributed by atoms with E-state index < -0.39 is 12.1 Å². The molecule has 0 saturated heterocycles. The third kappa shape index (κ3) is 3.99. The molecule has 0 aliphatic rings. The zero-order valence-corrected chi connectivity index (χ0v) is 8.71. The number of carbonyl (C=O) groups excluding carboxylic acids is 1. The van der Waals surface area contributed by atoms with Crippen molar-refractivity contribution in [2.75, 3.05) is 0 Å². The summed E-state index contributed by atoms with van der Waals surface area (Å²) in [6.45, 7) is 3.45. The average Bonchev–Trinajstić information content (AvgIpc) is 2.65. The molecule has 0 aliphatic carbocycles. The second-order valence-corrected chi connectivity index (χ2v) is 3.31. The van der Waals surface area contributed by atoms with Crippen LogP contribution in [0.4, 0.5) is 0 Å². The molecule has 1 heterocycles. The first kappa shape index (κ1) is 11.5. The number of carbonyl (C=O) groups is 1. The number of hydrogen-bond donors (Lipinski definition) is 1. The smallest absolute Gasteiger partial charge is 0.339 e. The third-order valence-electron chi connectivity index (χ3n) is 1.58. The Bertz CT molecular complexity index is 324. The Morgan fingerprint density at radius 2 is 2.33 bits per heavy atom. The predicted octanol–water partition coefficient (Wildman–Crippen LogP) is 1.61. The van der Waals surface area contributed by atoms with Crippen molar-refractivity contribution in [2.24, 2.45) is 0 Å². The maximum Gasteiger partial charge on any atom is 0.339 e. The van der Waals surface area contributed by atoms with Crippen molar-refractivity contribution < 1.29 is 19.1 Å². The Morgan fingerprint density at radius 1 is 1.60 bits per heavy atom. The van der Waals surface area contributed by atoms with Gasteiger partial charge in [-0.15, -0.1) is 0 Å². The van der Waals surface area contributed by atoms with Crippen molar-refractivity contribution in [3.05, 3.63) is 30.2 Å². The van der Waals surface area contributed by atoms with Gasteiger partial charge in [-0.2, -0.15) is 0 Å². The van der Waals surface area contributed by atoms with E-state index in [2.05, 4.69) is 0 Å². The lowest BCUT2D eigenvalue weighted by molar-refractivity contribution is -0.154. The van der Waals surface area contributed by atoms with Gasteiger partial charge in [0.2, 0.25) is 0 Å². The van der Waals surface area contributed by atoms with E-state index in [9.17, 15) is 9.90 Å². The second kappa shape index (κ2) is 5.36. The molecular formula is C11H14O4. The molecule has 0 aromatic carbocycles. The van der Waals surface area contributed by atoms with Crippen LogP contribution in [0.15, 0.2) is 28.9 Å². The Kier molecular flexibility index (Phi) is 4.12. The molecule has 0 radical (unpaired) electrons. The maximum absolute atomic E-state index is 11.2. The van der Waals surface area contributed by atoms with Gasteiger partial charge < -0.3 is 14.3 Å². The van der Waals surface area contributed by atoms with Crippen molar-refractivity contribution in [2.45, 2.75) is 26.1 Å². The van der Waals surface area contributed by atoms with Gasteiger partial charge in [-0.25, -0.2) is 4.79 Å². The molecule has 82 valence electrons. The Hall–Kier alpha value is -1.55. The van der Waals surface area contributed by atoms with Crippen LogP contribution >= 0.6 is 0 Å². The summed E-state index contributed by atoms with van der Waals surface area (Å²) in [7, 11) is 0. The summed E-state index contributed by atoms with van der Waals surface area (Å²) >= 11 is 0. The Balaban J connectivity index is 2.48. The standard InChI is InChI=1S/C11H14O4/c1-8(2)15-11(13)10(12)6-5-9-4-3-7-14-9/h3-8,10,12H,1-2H3/b6-5+. The zero-order chi connectivity index (χ0) is 11.3. The summed E-state index contributed by atoms with van der Waals surface area (Å²) in [6.07, 6.45) is 2.87. The highest BCUT2D eigenvalue weighted by molar-refractivity contribution is 5.77. The highest BCUT2D eigenvalue weighted by atomic mass is 16.6. The van der Waals surface area contributed by atoms with Crippen molar-refractivity contribution in [3.8, 4) is 0 Å². The van der Waals surface area contributed by atoms with Crippen LogP contribution in [-0.4, -0.2) is 23.3 Å². The molecule has 0 amide bonds. The quantitative estimate of drug-likeness (QED) is 0.767. The first-order valence-electron chi connectivity index (χ1n) is 4.70. The zero-order valence-electron chi connectivity index (χ0n) is 8.71. The number of aliphatic hydroxyl groups excluding tert-OH is 1. The van der Waals surface area contributed by atoms with Gasteiger partial charge in [0.1, 0.15) is 5.76 Å². The largest absolute Gasteiger partial charge is 0.465 e. The van der Waals surface area contributed by atoms with Gasteiger partial charge in [0.25, 0.3) is 0 Å². The lowest BCUT2D eigenvalue weighted by atomic mass is 10.3. The molecule has 1 aromatic rings. The van der Waals surface area contributed by atoms with Crippen molar-refractivity contribution in [3.63, 3.8) is 0 Å². The van der Waals surface area contributed by atoms with Crippen LogP contribution in [0.1, 0.15) is 19.6 Å². The van der Waals surface area contributed by atoms with Crippen molar-refractivity contribution in [1.29, 1.82) is 0 Å². The van der Waals surface area contributed by atoms with Crippen LogP contribution in [0.5, 0.6) is 0 Å². The predicted molar refractivity (Wildman–Crippen MR) is 55.0 cm³/mol. The molecular weight excluding hydrogens is 196 g/mol. The SMILES string of the molecule is CC(C)OC(=O)C(O)/C=C/c1ccco1. The third-order valence-corrected chi connectivity index (χ3v) is 1.58. The van der Waals surface area contributed by atoms with Crippen molar-refractivity contribution >= 4 is 12.0 Å². The van der Waals surface area contributed by atoms with Crippen LogP contribution in [0.25, 0.3) is 6.08 Å². The van der Waals surface area contributed by atoms with Crippen molar-refractivity contribution in [1.82, 2.24) is 0 Å². The molecule has 0 bridgehead atoms. The molecule has 15 heavy (non-hydrogen) atoms. The van der Waals surface area contributed by atoms with E-state index in [1.807, 2.05) is 0 Å². The summed E-state index contributed by atoms with van der Waals surface area (Å²) in [4.78, 5) is 11.2. The monoisotopic (exact) mass is 210 g/mol. The number of aliphatic hydroxyl groups is 1. The summed E-state index contributed by atoms with van der Waals surface area (Å²) in [5.74, 6) is -0.0841. The summed E-state index contributed by atoms with van der Waals surface area (Å²) in [5.41, 5.74) is 0. The molecule has 0 saturated carbocycles.